The van der Waals surface area contributed by atoms with Crippen LogP contribution in [0.1, 0.15) is 44.2 Å². The number of aromatic nitrogens is 2. The molecule has 67 heavy (non-hydrogen) atoms. The summed E-state index contributed by atoms with van der Waals surface area (Å²) >= 11 is 0. The maximum absolute atomic E-state index is 15.1. The molecule has 4 aliphatic rings. The van der Waals surface area contributed by atoms with Gasteiger partial charge in [0.1, 0.15) is 17.4 Å². The van der Waals surface area contributed by atoms with E-state index >= 15 is 4.39 Å². The first-order valence-electron chi connectivity index (χ1n) is 21.3. The molecule has 4 fully saturated rings. The van der Waals surface area contributed by atoms with Crippen molar-refractivity contribution in [2.75, 3.05) is 87.1 Å². The third kappa shape index (κ3) is 10.1. The van der Waals surface area contributed by atoms with E-state index in [1.807, 2.05) is 11.0 Å². The maximum Gasteiger partial charge on any atom is 0.488 e. The van der Waals surface area contributed by atoms with Gasteiger partial charge in [-0.25, -0.2) is 14.2 Å². The summed E-state index contributed by atoms with van der Waals surface area (Å²) in [7, 11) is -8.14. The van der Waals surface area contributed by atoms with Gasteiger partial charge in [-0.1, -0.05) is 10.8 Å². The monoisotopic (exact) mass is 968 g/mol. The number of hydrogen-bond acceptors (Lipinski definition) is 15. The average molecular weight is 969 g/mol. The molecule has 4 amide bonds. The van der Waals surface area contributed by atoms with Crippen molar-refractivity contribution in [3.8, 4) is 23.3 Å². The molecule has 0 radical (unpaired) electrons. The number of imide groups is 1. The number of urea groups is 1. The fourth-order valence-electron chi connectivity index (χ4n) is 8.66. The molecule has 1 unspecified atom stereocenters. The summed E-state index contributed by atoms with van der Waals surface area (Å²) in [5, 5.41) is 12.3. The molecular weight excluding hydrogens is 923 g/mol. The van der Waals surface area contributed by atoms with Gasteiger partial charge in [-0.15, -0.1) is 0 Å². The lowest BCUT2D eigenvalue weighted by Gasteiger charge is -2.40. The number of nitrogens with zero attached hydrogens (tertiary/aromatic N) is 8. The van der Waals surface area contributed by atoms with Gasteiger partial charge < -0.3 is 23.5 Å². The molecule has 4 aromatic rings. The molecule has 0 aliphatic carbocycles. The van der Waals surface area contributed by atoms with E-state index in [4.69, 9.17) is 9.47 Å². The number of fused-ring (bicyclic) bond motifs is 1. The number of piperazine rings is 1. The number of rotatable bonds is 13. The highest BCUT2D eigenvalue weighted by atomic mass is 32.3. The summed E-state index contributed by atoms with van der Waals surface area (Å²) in [6, 6.07) is 11.4. The van der Waals surface area contributed by atoms with Gasteiger partial charge in [0.2, 0.25) is 11.8 Å². The van der Waals surface area contributed by atoms with E-state index in [0.29, 0.717) is 64.0 Å². The Labute approximate surface area is 384 Å². The number of likely N-dealkylation sites (tertiary alicyclic amines) is 1. The quantitative estimate of drug-likeness (QED) is 0.183. The van der Waals surface area contributed by atoms with Gasteiger partial charge in [-0.3, -0.25) is 38.8 Å². The highest BCUT2D eigenvalue weighted by molar-refractivity contribution is 7.90. The number of benzene rings is 3. The van der Waals surface area contributed by atoms with Crippen LogP contribution in [0.2, 0.25) is 0 Å². The minimum Gasteiger partial charge on any atom is -0.453 e. The fraction of sp³-hybridized carbons (Fsp3) is 0.429. The van der Waals surface area contributed by atoms with Crippen LogP contribution in [0.25, 0.3) is 10.9 Å². The number of anilines is 3. The van der Waals surface area contributed by atoms with E-state index in [1.165, 1.54) is 53.2 Å². The van der Waals surface area contributed by atoms with Crippen molar-refractivity contribution >= 4 is 66.5 Å². The van der Waals surface area contributed by atoms with E-state index in [0.717, 1.165) is 16.4 Å². The van der Waals surface area contributed by atoms with Gasteiger partial charge in [0.15, 0.2) is 17.3 Å². The summed E-state index contributed by atoms with van der Waals surface area (Å²) in [5.74, 6) is -2.31. The van der Waals surface area contributed by atoms with Crippen molar-refractivity contribution in [1.82, 2.24) is 29.0 Å². The van der Waals surface area contributed by atoms with Crippen molar-refractivity contribution < 1.29 is 53.2 Å². The Kier molecular flexibility index (Phi) is 13.1. The Morgan fingerprint density at radius 2 is 1.78 bits per heavy atom. The topological polar surface area (TPSA) is 246 Å². The highest BCUT2D eigenvalue weighted by Crippen LogP contribution is 2.41. The lowest BCUT2D eigenvalue weighted by atomic mass is 9.87. The lowest BCUT2D eigenvalue weighted by molar-refractivity contribution is -0.137. The van der Waals surface area contributed by atoms with Gasteiger partial charge in [0, 0.05) is 77.6 Å². The number of ether oxygens (including phenoxy) is 2. The maximum atomic E-state index is 15.1. The van der Waals surface area contributed by atoms with Crippen molar-refractivity contribution in [3.63, 3.8) is 0 Å². The molecule has 4 aliphatic heterocycles. The standard InChI is InChI=1S/C42H46F2N10O11S2/c1-3-49(2)67(61,62)48-34-8-6-32(43)39(31(34)23-45)64-29-5-7-33-30(21-29)40(57)54(26-46-33)28-22-42(63-25-28)11-14-52(15-12-42)38(56)24-50-16-18-51(19-17-50)35-9-4-27(20-36(35)65-66(44,59)60)53-13-10-37(55)47-41(53)58/h4-9,20-21,26,28,48H,3,10-19,22,24-25H2,1-2H3,(H,47,55,58). The Hall–Kier alpha value is -6.46. The van der Waals surface area contributed by atoms with Crippen LogP contribution >= 0.6 is 0 Å². The number of hydrogen-bond donors (Lipinski definition) is 2. The normalized spacial score (nSPS) is 19.2. The number of carbonyl (C=O) groups is 3. The molecule has 25 heteroatoms. The predicted molar refractivity (Wildman–Crippen MR) is 237 cm³/mol. The summed E-state index contributed by atoms with van der Waals surface area (Å²) < 4.78 is 99.0. The molecular formula is C42H46F2N10O11S2. The molecule has 1 aromatic heterocycles. The molecule has 8 rings (SSSR count). The van der Waals surface area contributed by atoms with E-state index in [-0.39, 0.29) is 78.6 Å². The molecule has 356 valence electrons. The van der Waals surface area contributed by atoms with Gasteiger partial charge in [0.25, 0.3) is 5.56 Å². The van der Waals surface area contributed by atoms with E-state index in [1.54, 1.807) is 22.8 Å². The van der Waals surface area contributed by atoms with Crippen LogP contribution in [0.3, 0.4) is 0 Å². The van der Waals surface area contributed by atoms with Crippen LogP contribution in [0, 0.1) is 17.1 Å². The summed E-state index contributed by atoms with van der Waals surface area (Å²) in [4.78, 5) is 62.7. The number of nitrogens with one attached hydrogen (secondary N) is 2. The van der Waals surface area contributed by atoms with Gasteiger partial charge in [-0.2, -0.15) is 26.4 Å². The van der Waals surface area contributed by atoms with Gasteiger partial charge in [-0.05, 0) is 61.7 Å². The van der Waals surface area contributed by atoms with Gasteiger partial charge in [0.05, 0.1) is 53.4 Å². The van der Waals surface area contributed by atoms with Crippen molar-refractivity contribution in [2.45, 2.75) is 44.2 Å². The summed E-state index contributed by atoms with van der Waals surface area (Å²) in [5.41, 5.74) is -0.756. The van der Waals surface area contributed by atoms with E-state index in [9.17, 15) is 45.2 Å². The number of halogens is 2. The van der Waals surface area contributed by atoms with Crippen molar-refractivity contribution in [2.24, 2.45) is 0 Å². The minimum absolute atomic E-state index is 0.00933. The molecule has 5 heterocycles. The van der Waals surface area contributed by atoms with E-state index in [2.05, 4.69) is 19.2 Å². The smallest absolute Gasteiger partial charge is 0.453 e. The number of piperidine rings is 1. The van der Waals surface area contributed by atoms with Crippen molar-refractivity contribution in [3.05, 3.63) is 76.6 Å². The number of carbonyl (C=O) groups excluding carboxylic acids is 3. The molecule has 3 aromatic carbocycles. The third-order valence-corrected chi connectivity index (χ3v) is 14.4. The second-order valence-corrected chi connectivity index (χ2v) is 19.3. The molecule has 0 saturated carbocycles. The predicted octanol–water partition coefficient (Wildman–Crippen LogP) is 2.99. The fourth-order valence-corrected chi connectivity index (χ4v) is 9.95. The average Bonchev–Trinajstić information content (AvgIpc) is 3.69. The largest absolute Gasteiger partial charge is 0.488 e. The van der Waals surface area contributed by atoms with Crippen LogP contribution in [-0.4, -0.2) is 136 Å². The Morgan fingerprint density at radius 1 is 1.03 bits per heavy atom. The molecule has 21 nitrogen and oxygen atoms in total. The zero-order valence-electron chi connectivity index (χ0n) is 36.3. The first kappa shape index (κ1) is 47.0. The third-order valence-electron chi connectivity index (χ3n) is 12.5. The van der Waals surface area contributed by atoms with Gasteiger partial charge >= 0.3 is 26.7 Å². The molecule has 0 bridgehead atoms. The lowest BCUT2D eigenvalue weighted by Crippen LogP contribution is -2.52. The second-order valence-electron chi connectivity index (χ2n) is 16.5. The van der Waals surface area contributed by atoms with Crippen LogP contribution in [0.5, 0.6) is 17.2 Å². The Morgan fingerprint density at radius 3 is 2.46 bits per heavy atom. The summed E-state index contributed by atoms with van der Waals surface area (Å²) in [6.07, 6.45) is 3.00. The van der Waals surface area contributed by atoms with Crippen LogP contribution in [0.4, 0.5) is 30.1 Å². The van der Waals surface area contributed by atoms with Crippen LogP contribution in [0.15, 0.2) is 59.7 Å². The molecule has 1 atom stereocenters. The summed E-state index contributed by atoms with van der Waals surface area (Å²) in [6.45, 7) is 4.53. The van der Waals surface area contributed by atoms with E-state index < -0.39 is 60.9 Å². The number of nitriles is 1. The number of amides is 4. The zero-order valence-corrected chi connectivity index (χ0v) is 37.9. The second kappa shape index (κ2) is 18.7. The Balaban J connectivity index is 0.871. The highest BCUT2D eigenvalue weighted by Gasteiger charge is 2.44. The molecule has 4 saturated heterocycles. The van der Waals surface area contributed by atoms with Crippen molar-refractivity contribution in [1.29, 1.82) is 5.26 Å². The first-order valence-corrected chi connectivity index (χ1v) is 24.0. The Bertz CT molecular complexity index is 2960. The SMILES string of the molecule is CCN(C)S(=O)(=O)Nc1ccc(F)c(Oc2ccc3ncn(C4COC5(CCN(C(=O)CN6CCN(c7ccc(N8CCC(=O)NC8=O)cc7OS(=O)(=O)F)CC6)CC5)C4)c(=O)c3c2)c1C#N. The van der Waals surface area contributed by atoms with Crippen LogP contribution in [-0.2, 0) is 35.0 Å². The first-order chi connectivity index (χ1) is 31.9. The van der Waals surface area contributed by atoms with Crippen LogP contribution < -0.4 is 34.3 Å². The molecule has 2 N–H and O–H groups in total. The minimum atomic E-state index is -5.43. The zero-order chi connectivity index (χ0) is 47.8. The molecule has 1 spiro atoms.